The third-order valence-electron chi connectivity index (χ3n) is 4.58. The highest BCUT2D eigenvalue weighted by atomic mass is 127. The molecule has 1 aromatic rings. The minimum Gasteiger partial charge on any atom is -0.356 e. The Balaban J connectivity index is 0.00000364. The quantitative estimate of drug-likeness (QED) is 0.237. The van der Waals surface area contributed by atoms with Crippen molar-refractivity contribution in [3.63, 3.8) is 0 Å². The Kier molecular flexibility index (Phi) is 10.6. The van der Waals surface area contributed by atoms with Gasteiger partial charge < -0.3 is 15.2 Å². The van der Waals surface area contributed by atoms with E-state index in [1.165, 1.54) is 25.5 Å². The number of rotatable bonds is 8. The predicted octanol–water partition coefficient (Wildman–Crippen LogP) is 1.54. The largest absolute Gasteiger partial charge is 0.356 e. The number of aromatic nitrogens is 3. The van der Waals surface area contributed by atoms with Crippen LogP contribution in [0.15, 0.2) is 4.99 Å². The van der Waals surface area contributed by atoms with Crippen molar-refractivity contribution in [3.05, 3.63) is 11.6 Å². The maximum absolute atomic E-state index is 11.3. The molecule has 156 valence electrons. The molecule has 0 saturated carbocycles. The molecule has 0 aliphatic carbocycles. The Morgan fingerprint density at radius 3 is 2.78 bits per heavy atom. The van der Waals surface area contributed by atoms with Gasteiger partial charge in [0.05, 0.1) is 5.75 Å². The van der Waals surface area contributed by atoms with Crippen LogP contribution >= 0.6 is 24.0 Å². The second-order valence-electron chi connectivity index (χ2n) is 7.06. The number of nitrogens with zero attached hydrogens (tertiary/aromatic N) is 4. The summed E-state index contributed by atoms with van der Waals surface area (Å²) >= 11 is 0. The van der Waals surface area contributed by atoms with Crippen LogP contribution in [0.1, 0.15) is 50.7 Å². The lowest BCUT2D eigenvalue weighted by atomic mass is 10.2. The van der Waals surface area contributed by atoms with Crippen LogP contribution in [0.3, 0.4) is 0 Å². The van der Waals surface area contributed by atoms with E-state index in [-0.39, 0.29) is 35.8 Å². The van der Waals surface area contributed by atoms with Crippen LogP contribution in [-0.4, -0.2) is 60.8 Å². The minimum absolute atomic E-state index is 0. The smallest absolute Gasteiger partial charge is 0.191 e. The Bertz CT molecular complexity index is 704. The maximum atomic E-state index is 11.3. The first-order valence-corrected chi connectivity index (χ1v) is 11.5. The van der Waals surface area contributed by atoms with Crippen molar-refractivity contribution in [1.82, 2.24) is 25.4 Å². The number of aryl methyl sites for hydroxylation is 2. The van der Waals surface area contributed by atoms with Crippen molar-refractivity contribution in [3.8, 4) is 0 Å². The summed E-state index contributed by atoms with van der Waals surface area (Å²) in [5, 5.41) is 15.2. The van der Waals surface area contributed by atoms with Gasteiger partial charge in [0.15, 0.2) is 5.96 Å². The van der Waals surface area contributed by atoms with Crippen molar-refractivity contribution in [2.24, 2.45) is 4.99 Å². The highest BCUT2D eigenvalue weighted by molar-refractivity contribution is 14.0. The summed E-state index contributed by atoms with van der Waals surface area (Å²) in [5.41, 5.74) is 0. The average molecular weight is 512 g/mol. The molecule has 0 fully saturated rings. The van der Waals surface area contributed by atoms with E-state index in [4.69, 9.17) is 0 Å². The second kappa shape index (κ2) is 11.8. The van der Waals surface area contributed by atoms with Gasteiger partial charge in [0.1, 0.15) is 21.5 Å². The van der Waals surface area contributed by atoms with E-state index in [2.05, 4.69) is 30.4 Å². The predicted molar refractivity (Wildman–Crippen MR) is 120 cm³/mol. The highest BCUT2D eigenvalue weighted by Gasteiger charge is 2.14. The molecule has 1 atom stereocenters. The fourth-order valence-corrected chi connectivity index (χ4v) is 3.86. The molecule has 0 aromatic carbocycles. The minimum atomic E-state index is -2.93. The molecule has 10 heteroatoms. The lowest BCUT2D eigenvalue weighted by Crippen LogP contribution is -2.43. The fourth-order valence-electron chi connectivity index (χ4n) is 3.07. The lowest BCUT2D eigenvalue weighted by molar-refractivity contribution is 0.578. The van der Waals surface area contributed by atoms with Gasteiger partial charge in [-0.3, -0.25) is 4.99 Å². The summed E-state index contributed by atoms with van der Waals surface area (Å²) in [6, 6.07) is 0.0446. The molecule has 1 aliphatic rings. The number of sulfone groups is 1. The number of guanidine groups is 1. The van der Waals surface area contributed by atoms with Gasteiger partial charge in [0.2, 0.25) is 0 Å². The molecule has 1 unspecified atom stereocenters. The van der Waals surface area contributed by atoms with E-state index in [0.29, 0.717) is 12.4 Å². The number of halogens is 1. The van der Waals surface area contributed by atoms with E-state index in [1.54, 1.807) is 7.05 Å². The van der Waals surface area contributed by atoms with Crippen LogP contribution in [-0.2, 0) is 29.2 Å². The number of aliphatic imine (C=N–C) groups is 1. The number of nitrogens with one attached hydrogen (secondary N) is 2. The molecule has 0 bridgehead atoms. The summed E-state index contributed by atoms with van der Waals surface area (Å²) in [5.74, 6) is 3.08. The summed E-state index contributed by atoms with van der Waals surface area (Å²) in [7, 11) is -1.21. The molecule has 2 N–H and O–H groups in total. The van der Waals surface area contributed by atoms with Crippen LogP contribution in [0.25, 0.3) is 0 Å². The van der Waals surface area contributed by atoms with E-state index >= 15 is 0 Å². The third-order valence-corrected chi connectivity index (χ3v) is 5.56. The molecule has 1 aliphatic heterocycles. The van der Waals surface area contributed by atoms with Crippen molar-refractivity contribution in [2.75, 3.05) is 25.6 Å². The summed E-state index contributed by atoms with van der Waals surface area (Å²) in [6.07, 6.45) is 8.37. The zero-order chi connectivity index (χ0) is 19.0. The average Bonchev–Trinajstić information content (AvgIpc) is 2.81. The first-order chi connectivity index (χ1) is 12.4. The normalized spacial score (nSPS) is 16.0. The van der Waals surface area contributed by atoms with Gasteiger partial charge in [-0.1, -0.05) is 6.42 Å². The molecule has 27 heavy (non-hydrogen) atoms. The number of hydrogen-bond donors (Lipinski definition) is 2. The molecule has 8 nitrogen and oxygen atoms in total. The van der Waals surface area contributed by atoms with Gasteiger partial charge >= 0.3 is 0 Å². The lowest BCUT2D eigenvalue weighted by Gasteiger charge is -2.17. The van der Waals surface area contributed by atoms with Gasteiger partial charge in [0.25, 0.3) is 0 Å². The van der Waals surface area contributed by atoms with Gasteiger partial charge in [-0.25, -0.2) is 8.42 Å². The Morgan fingerprint density at radius 2 is 2.07 bits per heavy atom. The van der Waals surface area contributed by atoms with Crippen LogP contribution in [0, 0.1) is 0 Å². The van der Waals surface area contributed by atoms with E-state index in [0.717, 1.165) is 44.0 Å². The molecular formula is C17H33IN6O2S. The highest BCUT2D eigenvalue weighted by Crippen LogP contribution is 2.15. The van der Waals surface area contributed by atoms with Crippen molar-refractivity contribution < 1.29 is 8.42 Å². The molecular weight excluding hydrogens is 479 g/mol. The SMILES string of the molecule is CN=C(NCCCc1nnc2n1CCCCC2)NC(C)CCS(C)(=O)=O.I. The zero-order valence-electron chi connectivity index (χ0n) is 16.6. The first kappa shape index (κ1) is 24.1. The van der Waals surface area contributed by atoms with Gasteiger partial charge in [-0.05, 0) is 32.6 Å². The molecule has 1 aromatic heterocycles. The molecule has 0 amide bonds. The van der Waals surface area contributed by atoms with Crippen LogP contribution < -0.4 is 10.6 Å². The van der Waals surface area contributed by atoms with Crippen LogP contribution in [0.2, 0.25) is 0 Å². The Hall–Kier alpha value is -0.910. The summed E-state index contributed by atoms with van der Waals surface area (Å²) in [4.78, 5) is 4.20. The number of hydrogen-bond acceptors (Lipinski definition) is 5. The fraction of sp³-hybridized carbons (Fsp3) is 0.824. The molecule has 2 rings (SSSR count). The van der Waals surface area contributed by atoms with E-state index in [1.807, 2.05) is 6.92 Å². The Morgan fingerprint density at radius 1 is 1.30 bits per heavy atom. The van der Waals surface area contributed by atoms with Gasteiger partial charge in [-0.15, -0.1) is 34.2 Å². The first-order valence-electron chi connectivity index (χ1n) is 9.45. The maximum Gasteiger partial charge on any atom is 0.191 e. The van der Waals surface area contributed by atoms with E-state index < -0.39 is 9.84 Å². The monoisotopic (exact) mass is 512 g/mol. The molecule has 0 spiro atoms. The standard InChI is InChI=1S/C17H32N6O2S.HI/c1-14(10-13-26(3,24)25)20-17(18-2)19-11-7-9-16-22-21-15-8-5-4-6-12-23(15)16;/h14H,4-13H2,1-3H3,(H2,18,19,20);1H. The van der Waals surface area contributed by atoms with Crippen molar-refractivity contribution >= 4 is 39.8 Å². The summed E-state index contributed by atoms with van der Waals surface area (Å²) in [6.45, 7) is 3.77. The topological polar surface area (TPSA) is 101 Å². The van der Waals surface area contributed by atoms with E-state index in [9.17, 15) is 8.42 Å². The molecule has 0 radical (unpaired) electrons. The number of fused-ring (bicyclic) bond motifs is 1. The van der Waals surface area contributed by atoms with Crippen molar-refractivity contribution in [1.29, 1.82) is 0 Å². The van der Waals surface area contributed by atoms with Gasteiger partial charge in [-0.2, -0.15) is 0 Å². The van der Waals surface area contributed by atoms with Crippen molar-refractivity contribution in [2.45, 2.75) is 64.5 Å². The van der Waals surface area contributed by atoms with Crippen LogP contribution in [0.4, 0.5) is 0 Å². The second-order valence-corrected chi connectivity index (χ2v) is 9.32. The third kappa shape index (κ3) is 8.75. The Labute approximate surface area is 179 Å². The summed E-state index contributed by atoms with van der Waals surface area (Å²) < 4.78 is 24.8. The molecule has 0 saturated heterocycles. The van der Waals surface area contributed by atoms with Gasteiger partial charge in [0, 0.05) is 45.3 Å². The zero-order valence-corrected chi connectivity index (χ0v) is 19.7. The van der Waals surface area contributed by atoms with Crippen LogP contribution in [0.5, 0.6) is 0 Å². The molecule has 2 heterocycles.